The zero-order valence-electron chi connectivity index (χ0n) is 11.5. The zero-order valence-corrected chi connectivity index (χ0v) is 14.7. The van der Waals surface area contributed by atoms with Gasteiger partial charge in [0.15, 0.2) is 0 Å². The van der Waals surface area contributed by atoms with Gasteiger partial charge in [-0.15, -0.1) is 0 Å². The lowest BCUT2D eigenvalue weighted by Gasteiger charge is -2.29. The minimum Gasteiger partial charge on any atom is -0.495 e. The minimum atomic E-state index is 0.502. The summed E-state index contributed by atoms with van der Waals surface area (Å²) in [6.45, 7) is 2.29. The summed E-state index contributed by atoms with van der Waals surface area (Å²) in [6, 6.07) is 4.59. The van der Waals surface area contributed by atoms with Crippen molar-refractivity contribution in [3.8, 4) is 5.75 Å². The van der Waals surface area contributed by atoms with E-state index in [4.69, 9.17) is 4.74 Å². The van der Waals surface area contributed by atoms with Crippen LogP contribution in [-0.2, 0) is 0 Å². The summed E-state index contributed by atoms with van der Waals surface area (Å²) in [5, 5.41) is 3.63. The monoisotopic (exact) mass is 389 g/mol. The fourth-order valence-electron chi connectivity index (χ4n) is 2.79. The first-order valence-electron chi connectivity index (χ1n) is 6.91. The summed E-state index contributed by atoms with van der Waals surface area (Å²) in [5.74, 6) is 1.65. The van der Waals surface area contributed by atoms with E-state index >= 15 is 0 Å². The molecule has 0 bridgehead atoms. The maximum atomic E-state index is 5.36. The van der Waals surface area contributed by atoms with E-state index < -0.39 is 0 Å². The van der Waals surface area contributed by atoms with Crippen LogP contribution in [0, 0.1) is 5.92 Å². The molecule has 1 N–H and O–H groups in total. The first-order valence-corrected chi connectivity index (χ1v) is 8.50. The third kappa shape index (κ3) is 3.88. The normalized spacial score (nSPS) is 18.1. The second-order valence-corrected chi connectivity index (χ2v) is 7.01. The van der Waals surface area contributed by atoms with E-state index in [1.54, 1.807) is 7.11 Å². The summed E-state index contributed by atoms with van der Waals surface area (Å²) in [4.78, 5) is 0. The van der Waals surface area contributed by atoms with Crippen molar-refractivity contribution in [1.29, 1.82) is 0 Å². The topological polar surface area (TPSA) is 21.3 Å². The lowest BCUT2D eigenvalue weighted by atomic mass is 9.84. The van der Waals surface area contributed by atoms with Crippen molar-refractivity contribution in [3.63, 3.8) is 0 Å². The summed E-state index contributed by atoms with van der Waals surface area (Å²) >= 11 is 7.12. The van der Waals surface area contributed by atoms with E-state index in [0.717, 1.165) is 26.3 Å². The standard InChI is InChI=1S/C15H21Br2NO/c1-10(11-6-4-3-5-7-11)18-14-9-15(19-2)13(17)8-12(14)16/h8-11,18H,3-7H2,1-2H3. The van der Waals surface area contributed by atoms with Crippen molar-refractivity contribution in [3.05, 3.63) is 21.1 Å². The minimum absolute atomic E-state index is 0.502. The summed E-state index contributed by atoms with van der Waals surface area (Å²) < 4.78 is 7.40. The molecule has 0 heterocycles. The molecule has 0 amide bonds. The zero-order chi connectivity index (χ0) is 13.8. The van der Waals surface area contributed by atoms with Crippen molar-refractivity contribution in [1.82, 2.24) is 0 Å². The first-order chi connectivity index (χ1) is 9.11. The highest BCUT2D eigenvalue weighted by atomic mass is 79.9. The van der Waals surface area contributed by atoms with Gasteiger partial charge in [-0.05, 0) is 63.6 Å². The molecule has 1 fully saturated rings. The summed E-state index contributed by atoms with van der Waals surface area (Å²) in [6.07, 6.45) is 6.85. The molecule has 2 rings (SSSR count). The third-order valence-electron chi connectivity index (χ3n) is 3.98. The lowest BCUT2D eigenvalue weighted by molar-refractivity contribution is 0.328. The second kappa shape index (κ2) is 6.98. The quantitative estimate of drug-likeness (QED) is 0.722. The predicted octanol–water partition coefficient (Wildman–Crippen LogP) is 5.60. The molecular weight excluding hydrogens is 370 g/mol. The molecule has 0 aromatic heterocycles. The summed E-state index contributed by atoms with van der Waals surface area (Å²) in [7, 11) is 1.70. The Morgan fingerprint density at radius 1 is 1.16 bits per heavy atom. The number of anilines is 1. The molecule has 1 aliphatic rings. The molecule has 1 aromatic carbocycles. The number of hydrogen-bond donors (Lipinski definition) is 1. The van der Waals surface area contributed by atoms with Gasteiger partial charge >= 0.3 is 0 Å². The van der Waals surface area contributed by atoms with Gasteiger partial charge in [-0.3, -0.25) is 0 Å². The predicted molar refractivity (Wildman–Crippen MR) is 88.1 cm³/mol. The lowest BCUT2D eigenvalue weighted by Crippen LogP contribution is -2.27. The maximum absolute atomic E-state index is 5.36. The van der Waals surface area contributed by atoms with Gasteiger partial charge in [-0.25, -0.2) is 0 Å². The number of rotatable bonds is 4. The molecule has 0 saturated heterocycles. The van der Waals surface area contributed by atoms with Crippen LogP contribution in [-0.4, -0.2) is 13.2 Å². The fraction of sp³-hybridized carbons (Fsp3) is 0.600. The molecule has 0 aliphatic heterocycles. The van der Waals surface area contributed by atoms with E-state index in [1.165, 1.54) is 32.1 Å². The van der Waals surface area contributed by atoms with Gasteiger partial charge in [0.2, 0.25) is 0 Å². The van der Waals surface area contributed by atoms with Crippen LogP contribution < -0.4 is 10.1 Å². The summed E-state index contributed by atoms with van der Waals surface area (Å²) in [5.41, 5.74) is 1.11. The van der Waals surface area contributed by atoms with Gasteiger partial charge in [0.25, 0.3) is 0 Å². The molecular formula is C15H21Br2NO. The Balaban J connectivity index is 2.09. The number of ether oxygens (including phenoxy) is 1. The highest BCUT2D eigenvalue weighted by molar-refractivity contribution is 9.11. The van der Waals surface area contributed by atoms with Crippen LogP contribution in [0.3, 0.4) is 0 Å². The molecule has 106 valence electrons. The first kappa shape index (κ1) is 15.2. The van der Waals surface area contributed by atoms with E-state index in [0.29, 0.717) is 6.04 Å². The van der Waals surface area contributed by atoms with E-state index in [2.05, 4.69) is 44.1 Å². The third-order valence-corrected chi connectivity index (χ3v) is 5.26. The van der Waals surface area contributed by atoms with Crippen LogP contribution in [0.5, 0.6) is 5.75 Å². The van der Waals surface area contributed by atoms with Crippen LogP contribution in [0.1, 0.15) is 39.0 Å². The molecule has 2 nitrogen and oxygen atoms in total. The highest BCUT2D eigenvalue weighted by Crippen LogP contribution is 2.36. The SMILES string of the molecule is COc1cc(NC(C)C2CCCCC2)c(Br)cc1Br. The molecule has 0 spiro atoms. The molecule has 0 radical (unpaired) electrons. The Bertz CT molecular complexity index is 430. The Morgan fingerprint density at radius 2 is 1.84 bits per heavy atom. The Labute approximate surface area is 132 Å². The Hall–Kier alpha value is -0.220. The van der Waals surface area contributed by atoms with Crippen molar-refractivity contribution in [2.45, 2.75) is 45.1 Å². The van der Waals surface area contributed by atoms with E-state index in [9.17, 15) is 0 Å². The second-order valence-electron chi connectivity index (χ2n) is 5.30. The number of nitrogens with one attached hydrogen (secondary N) is 1. The van der Waals surface area contributed by atoms with E-state index in [1.807, 2.05) is 12.1 Å². The smallest absolute Gasteiger partial charge is 0.135 e. The van der Waals surface area contributed by atoms with Gasteiger partial charge in [0.05, 0.1) is 17.3 Å². The average molecular weight is 391 g/mol. The number of methoxy groups -OCH3 is 1. The van der Waals surface area contributed by atoms with Crippen LogP contribution in [0.4, 0.5) is 5.69 Å². The van der Waals surface area contributed by atoms with Crippen LogP contribution in [0.25, 0.3) is 0 Å². The number of hydrogen-bond acceptors (Lipinski definition) is 2. The van der Waals surface area contributed by atoms with Crippen LogP contribution in [0.2, 0.25) is 0 Å². The number of halogens is 2. The van der Waals surface area contributed by atoms with Gasteiger partial charge in [-0.1, -0.05) is 19.3 Å². The molecule has 4 heteroatoms. The van der Waals surface area contributed by atoms with Gasteiger partial charge in [0, 0.05) is 16.6 Å². The van der Waals surface area contributed by atoms with Crippen molar-refractivity contribution in [2.24, 2.45) is 5.92 Å². The Kier molecular flexibility index (Phi) is 5.58. The molecule has 1 aromatic rings. The van der Waals surface area contributed by atoms with Crippen molar-refractivity contribution >= 4 is 37.5 Å². The van der Waals surface area contributed by atoms with Crippen molar-refractivity contribution in [2.75, 3.05) is 12.4 Å². The molecule has 1 aliphatic carbocycles. The number of benzene rings is 1. The molecule has 1 unspecified atom stereocenters. The molecule has 1 saturated carbocycles. The maximum Gasteiger partial charge on any atom is 0.135 e. The Morgan fingerprint density at radius 3 is 2.47 bits per heavy atom. The van der Waals surface area contributed by atoms with Gasteiger partial charge < -0.3 is 10.1 Å². The molecule has 19 heavy (non-hydrogen) atoms. The largest absolute Gasteiger partial charge is 0.495 e. The van der Waals surface area contributed by atoms with Gasteiger partial charge in [-0.2, -0.15) is 0 Å². The van der Waals surface area contributed by atoms with E-state index in [-0.39, 0.29) is 0 Å². The van der Waals surface area contributed by atoms with Crippen LogP contribution in [0.15, 0.2) is 21.1 Å². The average Bonchev–Trinajstić information content (AvgIpc) is 2.42. The highest BCUT2D eigenvalue weighted by Gasteiger charge is 2.20. The fourth-order valence-corrected chi connectivity index (χ4v) is 4.06. The van der Waals surface area contributed by atoms with Crippen LogP contribution >= 0.6 is 31.9 Å². The van der Waals surface area contributed by atoms with Gasteiger partial charge in [0.1, 0.15) is 5.75 Å². The van der Waals surface area contributed by atoms with Crippen molar-refractivity contribution < 1.29 is 4.74 Å². The molecule has 1 atom stereocenters.